The standard InChI is InChI=1S/C22H36N6O4S/c1-22(30)9-3-4-18(22)28-19(29)6-5-15-12-23-21(25-20(15)28)24-16-7-10-27(11-8-16)33(31,32)17-13-26(2)14-17/h12,16-19,29-30H,3-11,13-14H2,1-2H3,(H,23,24,25). The van der Waals surface area contributed by atoms with Crippen molar-refractivity contribution in [2.45, 2.75) is 81.0 Å². The van der Waals surface area contributed by atoms with Gasteiger partial charge < -0.3 is 25.3 Å². The zero-order chi connectivity index (χ0) is 23.4. The highest BCUT2D eigenvalue weighted by Crippen LogP contribution is 2.40. The molecular weight excluding hydrogens is 444 g/mol. The smallest absolute Gasteiger partial charge is 0.224 e. The Morgan fingerprint density at radius 2 is 1.91 bits per heavy atom. The normalized spacial score (nSPS) is 32.5. The SMILES string of the molecule is CN1CC(S(=O)(=O)N2CCC(Nc3ncc4c(n3)N(C3CCCC3(C)O)C(O)CC4)CC2)C1. The summed E-state index contributed by atoms with van der Waals surface area (Å²) in [5.41, 5.74) is 0.127. The molecule has 184 valence electrons. The van der Waals surface area contributed by atoms with Crippen molar-refractivity contribution in [2.24, 2.45) is 0 Å². The van der Waals surface area contributed by atoms with Crippen molar-refractivity contribution in [3.05, 3.63) is 11.8 Å². The Morgan fingerprint density at radius 3 is 2.55 bits per heavy atom. The van der Waals surface area contributed by atoms with Gasteiger partial charge in [0.05, 0.1) is 11.6 Å². The summed E-state index contributed by atoms with van der Waals surface area (Å²) in [5.74, 6) is 1.19. The second-order valence-electron chi connectivity index (χ2n) is 10.4. The van der Waals surface area contributed by atoms with Crippen LogP contribution < -0.4 is 10.2 Å². The molecule has 0 aromatic carbocycles. The largest absolute Gasteiger partial charge is 0.388 e. The average molecular weight is 481 g/mol. The van der Waals surface area contributed by atoms with Crippen LogP contribution in [0.3, 0.4) is 0 Å². The van der Waals surface area contributed by atoms with Crippen LogP contribution in [0.4, 0.5) is 11.8 Å². The number of sulfonamides is 1. The minimum atomic E-state index is -3.23. The van der Waals surface area contributed by atoms with Crippen LogP contribution in [0.25, 0.3) is 0 Å². The lowest BCUT2D eigenvalue weighted by Gasteiger charge is -2.43. The lowest BCUT2D eigenvalue weighted by molar-refractivity contribution is 0.0278. The molecule has 10 nitrogen and oxygen atoms in total. The van der Waals surface area contributed by atoms with Crippen molar-refractivity contribution in [3.8, 4) is 0 Å². The Labute approximate surface area is 196 Å². The van der Waals surface area contributed by atoms with Crippen LogP contribution >= 0.6 is 0 Å². The predicted molar refractivity (Wildman–Crippen MR) is 126 cm³/mol. The number of fused-ring (bicyclic) bond motifs is 1. The minimum absolute atomic E-state index is 0.0927. The number of nitrogens with zero attached hydrogens (tertiary/aromatic N) is 5. The second kappa shape index (κ2) is 8.60. The Bertz CT molecular complexity index is 975. The van der Waals surface area contributed by atoms with E-state index in [0.717, 1.165) is 18.4 Å². The van der Waals surface area contributed by atoms with E-state index in [4.69, 9.17) is 4.98 Å². The van der Waals surface area contributed by atoms with Crippen LogP contribution in [-0.4, -0.2) is 100 Å². The molecule has 4 aliphatic rings. The fourth-order valence-corrected chi connectivity index (χ4v) is 7.86. The number of aromatic nitrogens is 2. The Balaban J connectivity index is 1.26. The van der Waals surface area contributed by atoms with Crippen molar-refractivity contribution in [3.63, 3.8) is 0 Å². The lowest BCUT2D eigenvalue weighted by Crippen LogP contribution is -2.58. The van der Waals surface area contributed by atoms with Gasteiger partial charge >= 0.3 is 0 Å². The van der Waals surface area contributed by atoms with Gasteiger partial charge in [0.2, 0.25) is 16.0 Å². The molecule has 3 aliphatic heterocycles. The van der Waals surface area contributed by atoms with E-state index in [-0.39, 0.29) is 17.3 Å². The van der Waals surface area contributed by atoms with E-state index >= 15 is 0 Å². The number of rotatable bonds is 5. The molecule has 1 aliphatic carbocycles. The van der Waals surface area contributed by atoms with E-state index in [9.17, 15) is 18.6 Å². The van der Waals surface area contributed by atoms with Crippen molar-refractivity contribution < 1.29 is 18.6 Å². The summed E-state index contributed by atoms with van der Waals surface area (Å²) >= 11 is 0. The first kappa shape index (κ1) is 23.2. The van der Waals surface area contributed by atoms with Crippen LogP contribution in [-0.2, 0) is 16.4 Å². The van der Waals surface area contributed by atoms with Gasteiger partial charge in [0, 0.05) is 44.0 Å². The van der Waals surface area contributed by atoms with Crippen LogP contribution in [0.2, 0.25) is 0 Å². The molecule has 11 heteroatoms. The fourth-order valence-electron chi connectivity index (χ4n) is 5.84. The molecule has 3 fully saturated rings. The molecule has 0 amide bonds. The maximum Gasteiger partial charge on any atom is 0.224 e. The first-order valence-corrected chi connectivity index (χ1v) is 13.6. The van der Waals surface area contributed by atoms with Gasteiger partial charge in [-0.1, -0.05) is 0 Å². The number of aryl methyl sites for hydroxylation is 1. The van der Waals surface area contributed by atoms with E-state index in [1.54, 1.807) is 4.31 Å². The fraction of sp³-hybridized carbons (Fsp3) is 0.818. The highest BCUT2D eigenvalue weighted by atomic mass is 32.2. The van der Waals surface area contributed by atoms with Gasteiger partial charge in [-0.05, 0) is 58.9 Å². The number of anilines is 2. The molecule has 0 spiro atoms. The summed E-state index contributed by atoms with van der Waals surface area (Å²) in [7, 11) is -1.29. The van der Waals surface area contributed by atoms with Gasteiger partial charge in [0.15, 0.2) is 0 Å². The number of piperidine rings is 1. The number of aliphatic hydroxyl groups excluding tert-OH is 1. The maximum absolute atomic E-state index is 12.8. The summed E-state index contributed by atoms with van der Waals surface area (Å²) < 4.78 is 27.2. The third-order valence-corrected chi connectivity index (χ3v) is 10.1. The summed E-state index contributed by atoms with van der Waals surface area (Å²) in [4.78, 5) is 13.2. The molecule has 0 bridgehead atoms. The summed E-state index contributed by atoms with van der Waals surface area (Å²) in [6.45, 7) is 4.07. The number of nitrogens with one attached hydrogen (secondary N) is 1. The Hall–Kier alpha value is -1.53. The topological polar surface area (TPSA) is 122 Å². The highest BCUT2D eigenvalue weighted by molar-refractivity contribution is 7.89. The molecule has 1 saturated carbocycles. The first-order valence-electron chi connectivity index (χ1n) is 12.1. The summed E-state index contributed by atoms with van der Waals surface area (Å²) in [6, 6.07) is -0.0802. The van der Waals surface area contributed by atoms with Crippen LogP contribution in [0.1, 0.15) is 51.0 Å². The molecule has 0 radical (unpaired) electrons. The molecular formula is C22H36N6O4S. The Morgan fingerprint density at radius 1 is 1.18 bits per heavy atom. The van der Waals surface area contributed by atoms with E-state index in [2.05, 4.69) is 10.3 Å². The Kier molecular flexibility index (Phi) is 6.05. The average Bonchev–Trinajstić information content (AvgIpc) is 3.10. The third-order valence-electron chi connectivity index (χ3n) is 7.89. The zero-order valence-electron chi connectivity index (χ0n) is 19.5. The first-order chi connectivity index (χ1) is 15.6. The van der Waals surface area contributed by atoms with Crippen molar-refractivity contribution >= 4 is 21.8 Å². The van der Waals surface area contributed by atoms with Gasteiger partial charge in [0.25, 0.3) is 0 Å². The van der Waals surface area contributed by atoms with Gasteiger partial charge in [-0.3, -0.25) is 0 Å². The molecule has 3 unspecified atom stereocenters. The molecule has 1 aromatic heterocycles. The third kappa shape index (κ3) is 4.34. The number of hydrogen-bond acceptors (Lipinski definition) is 9. The zero-order valence-corrected chi connectivity index (χ0v) is 20.3. The highest BCUT2D eigenvalue weighted by Gasteiger charge is 2.45. The predicted octanol–water partition coefficient (Wildman–Crippen LogP) is 0.371. The summed E-state index contributed by atoms with van der Waals surface area (Å²) in [6.07, 6.45) is 6.30. The van der Waals surface area contributed by atoms with E-state index in [1.165, 1.54) is 0 Å². The van der Waals surface area contributed by atoms with Crippen molar-refractivity contribution in [1.29, 1.82) is 0 Å². The van der Waals surface area contributed by atoms with Crippen molar-refractivity contribution in [1.82, 2.24) is 19.2 Å². The van der Waals surface area contributed by atoms with Gasteiger partial charge in [-0.2, -0.15) is 4.98 Å². The maximum atomic E-state index is 12.8. The van der Waals surface area contributed by atoms with Gasteiger partial charge in [0.1, 0.15) is 17.3 Å². The van der Waals surface area contributed by atoms with E-state index in [1.807, 2.05) is 30.0 Å². The van der Waals surface area contributed by atoms with Crippen LogP contribution in [0.5, 0.6) is 0 Å². The van der Waals surface area contributed by atoms with Gasteiger partial charge in [-0.25, -0.2) is 17.7 Å². The summed E-state index contributed by atoms with van der Waals surface area (Å²) in [5, 5.41) is 24.8. The van der Waals surface area contributed by atoms with Crippen LogP contribution in [0.15, 0.2) is 6.20 Å². The molecule has 4 heterocycles. The molecule has 3 N–H and O–H groups in total. The molecule has 2 saturated heterocycles. The second-order valence-corrected chi connectivity index (χ2v) is 12.7. The quantitative estimate of drug-likeness (QED) is 0.549. The monoisotopic (exact) mass is 480 g/mol. The van der Waals surface area contributed by atoms with E-state index in [0.29, 0.717) is 70.0 Å². The lowest BCUT2D eigenvalue weighted by atomic mass is 9.95. The van der Waals surface area contributed by atoms with Crippen molar-refractivity contribution in [2.75, 3.05) is 43.4 Å². The molecule has 33 heavy (non-hydrogen) atoms. The van der Waals surface area contributed by atoms with Gasteiger partial charge in [-0.15, -0.1) is 0 Å². The molecule has 3 atom stereocenters. The molecule has 5 rings (SSSR count). The minimum Gasteiger partial charge on any atom is -0.388 e. The number of likely N-dealkylation sites (tertiary alicyclic amines) is 1. The number of aliphatic hydroxyl groups is 2. The molecule has 1 aromatic rings. The van der Waals surface area contributed by atoms with E-state index < -0.39 is 21.9 Å². The van der Waals surface area contributed by atoms with Crippen LogP contribution in [0, 0.1) is 0 Å². The number of hydrogen-bond donors (Lipinski definition) is 3.